The van der Waals surface area contributed by atoms with Crippen molar-refractivity contribution in [1.82, 2.24) is 14.9 Å². The van der Waals surface area contributed by atoms with Crippen molar-refractivity contribution in [3.8, 4) is 0 Å². The van der Waals surface area contributed by atoms with Gasteiger partial charge in [-0.2, -0.15) is 0 Å². The van der Waals surface area contributed by atoms with Gasteiger partial charge >= 0.3 is 0 Å². The van der Waals surface area contributed by atoms with Crippen LogP contribution >= 0.6 is 11.3 Å². The van der Waals surface area contributed by atoms with Gasteiger partial charge in [0, 0.05) is 30.1 Å². The van der Waals surface area contributed by atoms with Gasteiger partial charge in [-0.3, -0.25) is 4.79 Å². The molecule has 28 heavy (non-hydrogen) atoms. The number of fused-ring (bicyclic) bond motifs is 1. The van der Waals surface area contributed by atoms with Gasteiger partial charge in [0.05, 0.1) is 6.54 Å². The van der Waals surface area contributed by atoms with Crippen LogP contribution in [0.25, 0.3) is 11.1 Å². The smallest absolute Gasteiger partial charge is 0.254 e. The Labute approximate surface area is 167 Å². The Morgan fingerprint density at radius 1 is 1.11 bits per heavy atom. The van der Waals surface area contributed by atoms with Gasteiger partial charge < -0.3 is 9.32 Å². The topological polar surface area (TPSA) is 59.2 Å². The van der Waals surface area contributed by atoms with Crippen LogP contribution in [0, 0.1) is 6.92 Å². The Morgan fingerprint density at radius 2 is 1.93 bits per heavy atom. The van der Waals surface area contributed by atoms with Crippen LogP contribution in [0.5, 0.6) is 0 Å². The predicted molar refractivity (Wildman–Crippen MR) is 111 cm³/mol. The van der Waals surface area contributed by atoms with Crippen molar-refractivity contribution in [1.29, 1.82) is 0 Å². The van der Waals surface area contributed by atoms with Crippen LogP contribution in [0.1, 0.15) is 32.5 Å². The van der Waals surface area contributed by atoms with Gasteiger partial charge in [0.2, 0.25) is 0 Å². The quantitative estimate of drug-likeness (QED) is 0.480. The second-order valence-corrected chi connectivity index (χ2v) is 7.76. The van der Waals surface area contributed by atoms with E-state index in [9.17, 15) is 4.79 Å². The first-order valence-corrected chi connectivity index (χ1v) is 10.1. The summed E-state index contributed by atoms with van der Waals surface area (Å²) in [5.41, 5.74) is 4.25. The molecular weight excluding hydrogens is 370 g/mol. The number of carbonyl (C=O) groups is 1. The number of oxazole rings is 1. The third kappa shape index (κ3) is 4.12. The number of carbonyl (C=O) groups excluding carboxylic acids is 1. The monoisotopic (exact) mass is 391 g/mol. The average molecular weight is 391 g/mol. The third-order valence-corrected chi connectivity index (χ3v) is 5.49. The van der Waals surface area contributed by atoms with E-state index in [0.29, 0.717) is 29.1 Å². The maximum absolute atomic E-state index is 12.8. The maximum atomic E-state index is 12.8. The molecule has 142 valence electrons. The lowest BCUT2D eigenvalue weighted by molar-refractivity contribution is 0.0785. The second kappa shape index (κ2) is 7.94. The zero-order valence-corrected chi connectivity index (χ0v) is 16.7. The van der Waals surface area contributed by atoms with E-state index >= 15 is 0 Å². The molecule has 0 fully saturated rings. The van der Waals surface area contributed by atoms with Gasteiger partial charge in [0.15, 0.2) is 11.5 Å². The van der Waals surface area contributed by atoms with Crippen molar-refractivity contribution >= 4 is 28.3 Å². The number of aromatic nitrogens is 2. The number of thiazole rings is 1. The molecule has 6 heteroatoms. The molecular formula is C22H21N3O2S. The van der Waals surface area contributed by atoms with E-state index in [1.54, 1.807) is 35.4 Å². The Morgan fingerprint density at radius 3 is 2.68 bits per heavy atom. The average Bonchev–Trinajstić information content (AvgIpc) is 3.31. The minimum Gasteiger partial charge on any atom is -0.441 e. The number of amides is 1. The lowest BCUT2D eigenvalue weighted by Crippen LogP contribution is -2.26. The Balaban J connectivity index is 1.47. The molecule has 5 nitrogen and oxygen atoms in total. The molecule has 0 spiro atoms. The van der Waals surface area contributed by atoms with Crippen molar-refractivity contribution in [2.75, 3.05) is 7.05 Å². The van der Waals surface area contributed by atoms with Crippen LogP contribution < -0.4 is 0 Å². The summed E-state index contributed by atoms with van der Waals surface area (Å²) >= 11 is 1.57. The number of rotatable bonds is 6. The third-order valence-electron chi connectivity index (χ3n) is 4.53. The van der Waals surface area contributed by atoms with Gasteiger partial charge in [-0.15, -0.1) is 11.3 Å². The number of nitrogens with zero attached hydrogens (tertiary/aromatic N) is 3. The van der Waals surface area contributed by atoms with Crippen molar-refractivity contribution in [2.24, 2.45) is 0 Å². The molecule has 0 unspecified atom stereocenters. The first-order chi connectivity index (χ1) is 13.6. The van der Waals surface area contributed by atoms with Crippen molar-refractivity contribution in [2.45, 2.75) is 26.3 Å². The number of hydrogen-bond acceptors (Lipinski definition) is 5. The van der Waals surface area contributed by atoms with E-state index < -0.39 is 0 Å². The fourth-order valence-electron chi connectivity index (χ4n) is 3.08. The summed E-state index contributed by atoms with van der Waals surface area (Å²) in [5.74, 6) is 0.638. The molecule has 0 N–H and O–H groups in total. The molecule has 2 heterocycles. The molecule has 0 saturated carbocycles. The zero-order valence-electron chi connectivity index (χ0n) is 15.9. The first kappa shape index (κ1) is 18.4. The second-order valence-electron chi connectivity index (χ2n) is 6.82. The number of aryl methyl sites for hydroxylation is 3. The summed E-state index contributed by atoms with van der Waals surface area (Å²) in [7, 11) is 1.79. The normalized spacial score (nSPS) is 11.1. The molecule has 0 bridgehead atoms. The van der Waals surface area contributed by atoms with Crippen LogP contribution in [0.4, 0.5) is 0 Å². The minimum absolute atomic E-state index is 0.0522. The highest BCUT2D eigenvalue weighted by Gasteiger charge is 2.16. The van der Waals surface area contributed by atoms with E-state index in [4.69, 9.17) is 4.42 Å². The van der Waals surface area contributed by atoms with E-state index in [0.717, 1.165) is 23.5 Å². The van der Waals surface area contributed by atoms with Gasteiger partial charge in [-0.25, -0.2) is 9.97 Å². The van der Waals surface area contributed by atoms with Gasteiger partial charge in [-0.1, -0.05) is 30.3 Å². The zero-order chi connectivity index (χ0) is 19.5. The SMILES string of the molecule is Cc1csc(CN(C)C(=O)c2ccc3oc(CCc4ccccc4)nc3c2)n1. The van der Waals surface area contributed by atoms with Crippen molar-refractivity contribution in [3.05, 3.63) is 81.6 Å². The molecule has 4 aromatic rings. The van der Waals surface area contributed by atoms with E-state index in [2.05, 4.69) is 22.1 Å². The highest BCUT2D eigenvalue weighted by molar-refractivity contribution is 7.09. The first-order valence-electron chi connectivity index (χ1n) is 9.18. The molecule has 2 aromatic heterocycles. The number of hydrogen-bond donors (Lipinski definition) is 0. The van der Waals surface area contributed by atoms with E-state index in [-0.39, 0.29) is 5.91 Å². The number of benzene rings is 2. The maximum Gasteiger partial charge on any atom is 0.254 e. The largest absolute Gasteiger partial charge is 0.441 e. The summed E-state index contributed by atoms with van der Waals surface area (Å²) < 4.78 is 5.84. The molecule has 0 saturated heterocycles. The highest BCUT2D eigenvalue weighted by Crippen LogP contribution is 2.20. The Hall–Kier alpha value is -2.99. The van der Waals surface area contributed by atoms with Crippen LogP contribution in [0.2, 0.25) is 0 Å². The van der Waals surface area contributed by atoms with Crippen molar-refractivity contribution in [3.63, 3.8) is 0 Å². The molecule has 0 aliphatic carbocycles. The van der Waals surface area contributed by atoms with Crippen LogP contribution in [-0.2, 0) is 19.4 Å². The summed E-state index contributed by atoms with van der Waals surface area (Å²) in [6.45, 7) is 2.45. The summed E-state index contributed by atoms with van der Waals surface area (Å²) in [6.07, 6.45) is 1.60. The molecule has 4 rings (SSSR count). The Kier molecular flexibility index (Phi) is 5.21. The van der Waals surface area contributed by atoms with E-state index in [1.165, 1.54) is 5.56 Å². The Bertz CT molecular complexity index is 1100. The predicted octanol–water partition coefficient (Wildman–Crippen LogP) is 4.65. The standard InChI is InChI=1S/C22H21N3O2S/c1-15-14-28-21(23-15)13-25(2)22(26)17-9-10-19-18(12-17)24-20(27-19)11-8-16-6-4-3-5-7-16/h3-7,9-10,12,14H,8,11,13H2,1-2H3. The van der Waals surface area contributed by atoms with Crippen molar-refractivity contribution < 1.29 is 9.21 Å². The molecule has 1 amide bonds. The molecule has 0 radical (unpaired) electrons. The summed E-state index contributed by atoms with van der Waals surface area (Å²) in [4.78, 5) is 23.4. The molecule has 0 aliphatic rings. The summed E-state index contributed by atoms with van der Waals surface area (Å²) in [6, 6.07) is 15.7. The molecule has 2 aromatic carbocycles. The van der Waals surface area contributed by atoms with Gasteiger partial charge in [-0.05, 0) is 37.1 Å². The highest BCUT2D eigenvalue weighted by atomic mass is 32.1. The van der Waals surface area contributed by atoms with Crippen LogP contribution in [0.15, 0.2) is 58.3 Å². The lowest BCUT2D eigenvalue weighted by Gasteiger charge is -2.15. The fraction of sp³-hybridized carbons (Fsp3) is 0.227. The minimum atomic E-state index is -0.0522. The summed E-state index contributed by atoms with van der Waals surface area (Å²) in [5, 5.41) is 2.92. The molecule has 0 aliphatic heterocycles. The van der Waals surface area contributed by atoms with Crippen LogP contribution in [-0.4, -0.2) is 27.8 Å². The lowest BCUT2D eigenvalue weighted by atomic mass is 10.1. The fourth-order valence-corrected chi connectivity index (χ4v) is 3.91. The van der Waals surface area contributed by atoms with Gasteiger partial charge in [0.25, 0.3) is 5.91 Å². The molecule has 0 atom stereocenters. The van der Waals surface area contributed by atoms with Crippen LogP contribution in [0.3, 0.4) is 0 Å². The van der Waals surface area contributed by atoms with Gasteiger partial charge in [0.1, 0.15) is 10.5 Å². The van der Waals surface area contributed by atoms with E-state index in [1.807, 2.05) is 36.6 Å².